The second kappa shape index (κ2) is 8.79. The summed E-state index contributed by atoms with van der Waals surface area (Å²) in [5.74, 6) is 1.69. The first-order chi connectivity index (χ1) is 17.3. The van der Waals surface area contributed by atoms with E-state index in [0.29, 0.717) is 5.02 Å². The average Bonchev–Trinajstić information content (AvgIpc) is 3.34. The number of benzene rings is 3. The molecule has 2 heterocycles. The van der Waals surface area contributed by atoms with Crippen LogP contribution in [0.3, 0.4) is 0 Å². The zero-order valence-corrected chi connectivity index (χ0v) is 22.7. The van der Waals surface area contributed by atoms with E-state index < -0.39 is 0 Å². The predicted octanol–water partition coefficient (Wildman–Crippen LogP) is 8.52. The Balaban J connectivity index is 1.42. The molecule has 0 fully saturated rings. The molecule has 5 heteroatoms. The van der Waals surface area contributed by atoms with Crippen molar-refractivity contribution in [3.63, 3.8) is 0 Å². The van der Waals surface area contributed by atoms with Gasteiger partial charge in [0.25, 0.3) is 5.01 Å². The molecule has 182 valence electrons. The van der Waals surface area contributed by atoms with Crippen LogP contribution >= 0.6 is 22.9 Å². The molecule has 0 atom stereocenters. The van der Waals surface area contributed by atoms with Gasteiger partial charge in [-0.25, -0.2) is 0 Å². The summed E-state index contributed by atoms with van der Waals surface area (Å²) >= 11 is 8.11. The quantitative estimate of drug-likeness (QED) is 0.255. The van der Waals surface area contributed by atoms with E-state index in [1.165, 1.54) is 37.1 Å². The number of allylic oxidation sites excluding steroid dienone is 4. The van der Waals surface area contributed by atoms with Crippen LogP contribution in [0.5, 0.6) is 5.75 Å². The van der Waals surface area contributed by atoms with Crippen LogP contribution < -0.4 is 14.2 Å². The van der Waals surface area contributed by atoms with E-state index in [9.17, 15) is 0 Å². The molecule has 1 aliphatic heterocycles. The van der Waals surface area contributed by atoms with Crippen LogP contribution in [0.1, 0.15) is 38.6 Å². The topological polar surface area (TPSA) is 16.4 Å². The molecular weight excluding hydrogens is 484 g/mol. The number of rotatable bonds is 3. The lowest BCUT2D eigenvalue weighted by Crippen LogP contribution is -2.33. The van der Waals surface area contributed by atoms with Crippen molar-refractivity contribution in [3.05, 3.63) is 93.8 Å². The Kier molecular flexibility index (Phi) is 5.70. The summed E-state index contributed by atoms with van der Waals surface area (Å²) in [7, 11) is 2.03. The zero-order valence-electron chi connectivity index (χ0n) is 21.1. The van der Waals surface area contributed by atoms with Crippen molar-refractivity contribution in [2.75, 3.05) is 11.9 Å². The zero-order chi connectivity index (χ0) is 25.0. The number of anilines is 1. The van der Waals surface area contributed by atoms with Crippen molar-refractivity contribution in [2.24, 2.45) is 5.41 Å². The molecule has 0 bridgehead atoms. The van der Waals surface area contributed by atoms with Gasteiger partial charge < -0.3 is 9.64 Å². The average molecular weight is 514 g/mol. The van der Waals surface area contributed by atoms with Gasteiger partial charge in [0.15, 0.2) is 5.75 Å². The van der Waals surface area contributed by atoms with Crippen molar-refractivity contribution in [2.45, 2.75) is 40.2 Å². The molecule has 1 aromatic heterocycles. The normalized spacial score (nSPS) is 19.2. The van der Waals surface area contributed by atoms with Gasteiger partial charge in [0.05, 0.1) is 11.1 Å². The highest BCUT2D eigenvalue weighted by molar-refractivity contribution is 7.19. The van der Waals surface area contributed by atoms with E-state index in [1.807, 2.05) is 36.6 Å². The Hall–Kier alpha value is -3.08. The maximum absolute atomic E-state index is 6.23. The summed E-state index contributed by atoms with van der Waals surface area (Å²) in [6.45, 7) is 7.89. The molecule has 3 aromatic carbocycles. The Labute approximate surface area is 221 Å². The van der Waals surface area contributed by atoms with Crippen molar-refractivity contribution in [1.29, 1.82) is 0 Å². The third-order valence-corrected chi connectivity index (χ3v) is 8.44. The molecule has 0 radical (unpaired) electrons. The summed E-state index contributed by atoms with van der Waals surface area (Å²) in [5, 5.41) is 4.63. The van der Waals surface area contributed by atoms with Crippen molar-refractivity contribution >= 4 is 55.7 Å². The third kappa shape index (κ3) is 4.12. The largest absolute Gasteiger partial charge is 0.439 e. The molecule has 0 unspecified atom stereocenters. The molecule has 1 aliphatic carbocycles. The van der Waals surface area contributed by atoms with Gasteiger partial charge in [0.1, 0.15) is 11.2 Å². The maximum atomic E-state index is 6.23. The highest BCUT2D eigenvalue weighted by Gasteiger charge is 2.29. The van der Waals surface area contributed by atoms with Crippen LogP contribution in [0.4, 0.5) is 5.69 Å². The van der Waals surface area contributed by atoms with Gasteiger partial charge in [-0.15, -0.1) is 0 Å². The Bertz CT molecular complexity index is 1610. The fourth-order valence-corrected chi connectivity index (χ4v) is 6.96. The third-order valence-electron chi connectivity index (χ3n) is 7.11. The number of ether oxygens (including phenoxy) is 1. The van der Waals surface area contributed by atoms with Crippen molar-refractivity contribution in [3.8, 4) is 5.75 Å². The van der Waals surface area contributed by atoms with Crippen molar-refractivity contribution in [1.82, 2.24) is 0 Å². The van der Waals surface area contributed by atoms with Gasteiger partial charge in [0, 0.05) is 24.2 Å². The van der Waals surface area contributed by atoms with Crippen molar-refractivity contribution < 1.29 is 9.30 Å². The van der Waals surface area contributed by atoms with Gasteiger partial charge in [-0.2, -0.15) is 4.57 Å². The Morgan fingerprint density at radius 3 is 2.75 bits per heavy atom. The molecular formula is C31H30ClN2OS+. The molecule has 0 saturated carbocycles. The molecule has 0 amide bonds. The molecule has 0 spiro atoms. The highest BCUT2D eigenvalue weighted by atomic mass is 35.5. The van der Waals surface area contributed by atoms with Gasteiger partial charge in [-0.05, 0) is 72.0 Å². The summed E-state index contributed by atoms with van der Waals surface area (Å²) in [6, 6.07) is 19.0. The first-order valence-corrected chi connectivity index (χ1v) is 13.7. The lowest BCUT2D eigenvalue weighted by atomic mass is 9.75. The van der Waals surface area contributed by atoms with Crippen LogP contribution in [0.2, 0.25) is 5.02 Å². The number of fused-ring (bicyclic) bond motifs is 4. The highest BCUT2D eigenvalue weighted by Crippen LogP contribution is 2.43. The summed E-state index contributed by atoms with van der Waals surface area (Å²) in [6.07, 6.45) is 9.00. The van der Waals surface area contributed by atoms with E-state index in [4.69, 9.17) is 16.3 Å². The number of aryl methyl sites for hydroxylation is 1. The van der Waals surface area contributed by atoms with E-state index in [2.05, 4.69) is 84.9 Å². The standard InChI is InChI=1S/C31H30ClN2OS/c1-5-34-29(36-27-13-10-22-8-6-7-9-24(22)30(27)34)16-21-14-20(18-31(2,3)19-21)15-28-33(4)25-17-23(32)11-12-26(25)35-28/h6-17H,5,18-19H2,1-4H3/q+1. The van der Waals surface area contributed by atoms with E-state index in [0.717, 1.165) is 36.7 Å². The van der Waals surface area contributed by atoms with Crippen LogP contribution in [-0.2, 0) is 6.54 Å². The van der Waals surface area contributed by atoms with Crippen LogP contribution in [-0.4, -0.2) is 7.05 Å². The minimum atomic E-state index is 0.167. The minimum Gasteiger partial charge on any atom is -0.439 e. The lowest BCUT2D eigenvalue weighted by molar-refractivity contribution is -0.664. The number of nitrogens with zero attached hydrogens (tertiary/aromatic N) is 2. The number of hydrogen-bond donors (Lipinski definition) is 0. The second-order valence-electron chi connectivity index (χ2n) is 10.5. The maximum Gasteiger partial charge on any atom is 0.263 e. The monoisotopic (exact) mass is 513 g/mol. The van der Waals surface area contributed by atoms with E-state index >= 15 is 0 Å². The van der Waals surface area contributed by atoms with E-state index in [1.54, 1.807) is 0 Å². The fourth-order valence-electron chi connectivity index (χ4n) is 5.57. The van der Waals surface area contributed by atoms with Gasteiger partial charge in [0.2, 0.25) is 11.4 Å². The van der Waals surface area contributed by atoms with Crippen LogP contribution in [0.25, 0.3) is 27.1 Å². The lowest BCUT2D eigenvalue weighted by Gasteiger charge is -2.30. The van der Waals surface area contributed by atoms with Gasteiger partial charge in [-0.1, -0.05) is 67.1 Å². The smallest absolute Gasteiger partial charge is 0.263 e. The SMILES string of the molecule is CC[n+]1c(/C=C2C=C(/C=C3\Oc4ccc(Cl)cc4N3C)CC(C)(C)C/2)sc2ccc3ccccc3c21. The molecule has 3 nitrogen and oxygen atoms in total. The minimum absolute atomic E-state index is 0.167. The Morgan fingerprint density at radius 2 is 1.92 bits per heavy atom. The summed E-state index contributed by atoms with van der Waals surface area (Å²) in [4.78, 5) is 2.08. The first-order valence-electron chi connectivity index (χ1n) is 12.5. The number of halogens is 1. The molecule has 0 saturated heterocycles. The Morgan fingerprint density at radius 1 is 1.08 bits per heavy atom. The van der Waals surface area contributed by atoms with Crippen LogP contribution in [0.15, 0.2) is 83.8 Å². The summed E-state index contributed by atoms with van der Waals surface area (Å²) < 4.78 is 9.99. The number of aromatic nitrogens is 1. The fraction of sp³-hybridized carbons (Fsp3) is 0.258. The van der Waals surface area contributed by atoms with E-state index in [-0.39, 0.29) is 5.41 Å². The predicted molar refractivity (Wildman–Crippen MR) is 153 cm³/mol. The molecule has 0 N–H and O–H groups in total. The molecule has 36 heavy (non-hydrogen) atoms. The molecule has 6 rings (SSSR count). The molecule has 4 aromatic rings. The number of thiazole rings is 1. The van der Waals surface area contributed by atoms with Crippen LogP contribution in [0, 0.1) is 5.41 Å². The van der Waals surface area contributed by atoms with Gasteiger partial charge in [-0.3, -0.25) is 0 Å². The first kappa shape index (κ1) is 23.3. The molecule has 2 aliphatic rings. The second-order valence-corrected chi connectivity index (χ2v) is 12.0. The number of hydrogen-bond acceptors (Lipinski definition) is 3. The summed E-state index contributed by atoms with van der Waals surface area (Å²) in [5.41, 5.74) is 5.15. The van der Waals surface area contributed by atoms with Gasteiger partial charge >= 0.3 is 0 Å².